The molecule has 1 heterocycles. The number of rotatable bonds is 6. The summed E-state index contributed by atoms with van der Waals surface area (Å²) in [6, 6.07) is 18.1. The number of fused-ring (bicyclic) bond motifs is 1. The third-order valence-corrected chi connectivity index (χ3v) is 4.99. The summed E-state index contributed by atoms with van der Waals surface area (Å²) in [6.07, 6.45) is 4.05. The molecule has 1 amide bonds. The number of benzene rings is 2. The number of para-hydroxylation sites is 2. The fraction of sp³-hybridized carbons (Fsp3) is 0.261. The van der Waals surface area contributed by atoms with Gasteiger partial charge in [0.15, 0.2) is 0 Å². The van der Waals surface area contributed by atoms with Crippen molar-refractivity contribution in [1.29, 1.82) is 0 Å². The molecule has 0 saturated carbocycles. The largest absolute Gasteiger partial charge is 0.457 e. The molecule has 1 aromatic heterocycles. The second kappa shape index (κ2) is 8.73. The normalized spacial score (nSPS) is 12.8. The SMILES string of the molecule is O=C(NCCn1nc2c(cc1=O)CCCC2)c1ccccc1Oc1ccccc1. The Kier molecular flexibility index (Phi) is 5.70. The molecule has 6 heteroatoms. The van der Waals surface area contributed by atoms with Gasteiger partial charge in [-0.15, -0.1) is 0 Å². The van der Waals surface area contributed by atoms with Crippen LogP contribution in [0.5, 0.6) is 11.5 Å². The van der Waals surface area contributed by atoms with E-state index in [1.165, 1.54) is 4.68 Å². The van der Waals surface area contributed by atoms with Gasteiger partial charge in [-0.2, -0.15) is 5.10 Å². The summed E-state index contributed by atoms with van der Waals surface area (Å²) in [5.41, 5.74) is 2.40. The number of nitrogens with zero attached hydrogens (tertiary/aromatic N) is 2. The summed E-state index contributed by atoms with van der Waals surface area (Å²) in [5, 5.41) is 7.35. The highest BCUT2D eigenvalue weighted by Crippen LogP contribution is 2.24. The molecule has 148 valence electrons. The monoisotopic (exact) mass is 389 g/mol. The number of aryl methyl sites for hydroxylation is 2. The highest BCUT2D eigenvalue weighted by molar-refractivity contribution is 5.97. The van der Waals surface area contributed by atoms with Crippen LogP contribution in [0.25, 0.3) is 0 Å². The van der Waals surface area contributed by atoms with Gasteiger partial charge >= 0.3 is 0 Å². The lowest BCUT2D eigenvalue weighted by atomic mass is 9.97. The number of carbonyl (C=O) groups is 1. The van der Waals surface area contributed by atoms with E-state index in [-0.39, 0.29) is 11.5 Å². The summed E-state index contributed by atoms with van der Waals surface area (Å²) >= 11 is 0. The Hall–Kier alpha value is -3.41. The van der Waals surface area contributed by atoms with Crippen molar-refractivity contribution in [2.24, 2.45) is 0 Å². The first-order valence-electron chi connectivity index (χ1n) is 9.91. The van der Waals surface area contributed by atoms with Crippen molar-refractivity contribution in [3.63, 3.8) is 0 Å². The summed E-state index contributed by atoms with van der Waals surface area (Å²) in [5.74, 6) is 0.903. The van der Waals surface area contributed by atoms with Crippen LogP contribution in [-0.4, -0.2) is 22.2 Å². The zero-order chi connectivity index (χ0) is 20.1. The lowest BCUT2D eigenvalue weighted by Crippen LogP contribution is -2.33. The number of nitrogens with one attached hydrogen (secondary N) is 1. The molecule has 29 heavy (non-hydrogen) atoms. The molecule has 1 aliphatic carbocycles. The predicted octanol–water partition coefficient (Wildman–Crippen LogP) is 3.34. The van der Waals surface area contributed by atoms with Gasteiger partial charge in [-0.3, -0.25) is 9.59 Å². The van der Waals surface area contributed by atoms with E-state index < -0.39 is 0 Å². The molecule has 0 saturated heterocycles. The Morgan fingerprint density at radius 2 is 1.79 bits per heavy atom. The Labute approximate surface area is 169 Å². The third kappa shape index (κ3) is 4.54. The van der Waals surface area contributed by atoms with Crippen molar-refractivity contribution in [2.75, 3.05) is 6.54 Å². The van der Waals surface area contributed by atoms with Gasteiger partial charge in [-0.05, 0) is 55.5 Å². The van der Waals surface area contributed by atoms with Crippen LogP contribution in [0, 0.1) is 0 Å². The van der Waals surface area contributed by atoms with Gasteiger partial charge in [0.05, 0.1) is 17.8 Å². The molecular weight excluding hydrogens is 366 g/mol. The zero-order valence-electron chi connectivity index (χ0n) is 16.1. The molecule has 3 aromatic rings. The fourth-order valence-electron chi connectivity index (χ4n) is 3.49. The topological polar surface area (TPSA) is 73.2 Å². The zero-order valence-corrected chi connectivity index (χ0v) is 16.1. The highest BCUT2D eigenvalue weighted by Gasteiger charge is 2.15. The van der Waals surface area contributed by atoms with Gasteiger partial charge in [0, 0.05) is 12.6 Å². The predicted molar refractivity (Wildman–Crippen MR) is 110 cm³/mol. The quantitative estimate of drug-likeness (QED) is 0.702. The smallest absolute Gasteiger partial charge is 0.267 e. The molecule has 1 N–H and O–H groups in total. The van der Waals surface area contributed by atoms with Crippen LogP contribution in [0.1, 0.15) is 34.5 Å². The van der Waals surface area contributed by atoms with Gasteiger partial charge in [0.25, 0.3) is 11.5 Å². The summed E-state index contributed by atoms with van der Waals surface area (Å²) < 4.78 is 7.29. The number of carbonyl (C=O) groups excluding carboxylic acids is 1. The van der Waals surface area contributed by atoms with Crippen LogP contribution in [0.15, 0.2) is 65.5 Å². The Bertz CT molecular complexity index is 1060. The standard InChI is InChI=1S/C23H23N3O3/c27-22-16-17-8-4-6-12-20(17)25-26(22)15-14-24-23(28)19-11-5-7-13-21(19)29-18-9-2-1-3-10-18/h1-3,5,7,9-11,13,16H,4,6,8,12,14-15H2,(H,24,28). The maximum Gasteiger partial charge on any atom is 0.267 e. The maximum atomic E-state index is 12.7. The maximum absolute atomic E-state index is 12.7. The lowest BCUT2D eigenvalue weighted by Gasteiger charge is -2.16. The molecule has 0 bridgehead atoms. The average Bonchev–Trinajstić information content (AvgIpc) is 2.75. The molecule has 0 fully saturated rings. The number of ether oxygens (including phenoxy) is 1. The van der Waals surface area contributed by atoms with Crippen LogP contribution >= 0.6 is 0 Å². The Balaban J connectivity index is 1.41. The first-order chi connectivity index (χ1) is 14.2. The average molecular weight is 389 g/mol. The van der Waals surface area contributed by atoms with Gasteiger partial charge in [0.1, 0.15) is 11.5 Å². The van der Waals surface area contributed by atoms with Crippen LogP contribution in [0.2, 0.25) is 0 Å². The molecule has 2 aromatic carbocycles. The second-order valence-corrected chi connectivity index (χ2v) is 7.05. The van der Waals surface area contributed by atoms with Crippen LogP contribution in [-0.2, 0) is 19.4 Å². The van der Waals surface area contributed by atoms with Crippen molar-refractivity contribution >= 4 is 5.91 Å². The molecule has 0 spiro atoms. The van der Waals surface area contributed by atoms with E-state index in [1.807, 2.05) is 36.4 Å². The molecular formula is C23H23N3O3. The van der Waals surface area contributed by atoms with Crippen LogP contribution in [0.4, 0.5) is 0 Å². The number of amides is 1. The summed E-state index contributed by atoms with van der Waals surface area (Å²) in [6.45, 7) is 0.643. The molecule has 1 aliphatic rings. The van der Waals surface area contributed by atoms with Crippen molar-refractivity contribution in [1.82, 2.24) is 15.1 Å². The van der Waals surface area contributed by atoms with E-state index in [0.29, 0.717) is 30.2 Å². The number of aromatic nitrogens is 2. The van der Waals surface area contributed by atoms with Crippen LogP contribution in [0.3, 0.4) is 0 Å². The molecule has 0 atom stereocenters. The minimum absolute atomic E-state index is 0.118. The van der Waals surface area contributed by atoms with Gasteiger partial charge in [0.2, 0.25) is 0 Å². The Morgan fingerprint density at radius 1 is 1.03 bits per heavy atom. The number of hydrogen-bond acceptors (Lipinski definition) is 4. The van der Waals surface area contributed by atoms with E-state index >= 15 is 0 Å². The molecule has 4 rings (SSSR count). The third-order valence-electron chi connectivity index (χ3n) is 4.99. The lowest BCUT2D eigenvalue weighted by molar-refractivity contribution is 0.0949. The first kappa shape index (κ1) is 18.9. The van der Waals surface area contributed by atoms with E-state index in [4.69, 9.17) is 4.74 Å². The molecule has 0 radical (unpaired) electrons. The van der Waals surface area contributed by atoms with Gasteiger partial charge < -0.3 is 10.1 Å². The second-order valence-electron chi connectivity index (χ2n) is 7.05. The van der Waals surface area contributed by atoms with Crippen molar-refractivity contribution in [3.8, 4) is 11.5 Å². The van der Waals surface area contributed by atoms with Crippen molar-refractivity contribution in [2.45, 2.75) is 32.2 Å². The molecule has 6 nitrogen and oxygen atoms in total. The van der Waals surface area contributed by atoms with E-state index in [1.54, 1.807) is 24.3 Å². The summed E-state index contributed by atoms with van der Waals surface area (Å²) in [4.78, 5) is 24.9. The highest BCUT2D eigenvalue weighted by atomic mass is 16.5. The van der Waals surface area contributed by atoms with Crippen LogP contribution < -0.4 is 15.6 Å². The first-order valence-corrected chi connectivity index (χ1v) is 9.91. The van der Waals surface area contributed by atoms with E-state index in [9.17, 15) is 9.59 Å². The van der Waals surface area contributed by atoms with Crippen molar-refractivity contribution in [3.05, 3.63) is 87.8 Å². The number of hydrogen-bond donors (Lipinski definition) is 1. The van der Waals surface area contributed by atoms with E-state index in [2.05, 4.69) is 10.4 Å². The molecule has 0 unspecified atom stereocenters. The Morgan fingerprint density at radius 3 is 2.66 bits per heavy atom. The minimum Gasteiger partial charge on any atom is -0.457 e. The van der Waals surface area contributed by atoms with E-state index in [0.717, 1.165) is 36.9 Å². The minimum atomic E-state index is -0.248. The molecule has 0 aliphatic heterocycles. The summed E-state index contributed by atoms with van der Waals surface area (Å²) in [7, 11) is 0. The van der Waals surface area contributed by atoms with Gasteiger partial charge in [-0.1, -0.05) is 30.3 Å². The van der Waals surface area contributed by atoms with Crippen molar-refractivity contribution < 1.29 is 9.53 Å². The fourth-order valence-corrected chi connectivity index (χ4v) is 3.49. The van der Waals surface area contributed by atoms with Gasteiger partial charge in [-0.25, -0.2) is 4.68 Å².